The van der Waals surface area contributed by atoms with Gasteiger partial charge in [-0.2, -0.15) is 0 Å². The molecule has 0 fully saturated rings. The van der Waals surface area contributed by atoms with Crippen molar-refractivity contribution >= 4 is 40.9 Å². The Morgan fingerprint density at radius 3 is 2.81 bits per heavy atom. The van der Waals surface area contributed by atoms with Gasteiger partial charge in [0.2, 0.25) is 5.91 Å². The van der Waals surface area contributed by atoms with Gasteiger partial charge in [-0.05, 0) is 17.9 Å². The molecule has 1 amide bonds. The normalized spacial score (nSPS) is 11.7. The number of thioether (sulfide) groups is 1. The van der Waals surface area contributed by atoms with Crippen LogP contribution in [0.3, 0.4) is 0 Å². The molecule has 0 spiro atoms. The van der Waals surface area contributed by atoms with Gasteiger partial charge < -0.3 is 15.2 Å². The van der Waals surface area contributed by atoms with Crippen LogP contribution in [0.25, 0.3) is 0 Å². The molecule has 0 radical (unpaired) electrons. The molecule has 2 N–H and O–H groups in total. The fourth-order valence-electron chi connectivity index (χ4n) is 1.50. The predicted molar refractivity (Wildman–Crippen MR) is 81.3 cm³/mol. The summed E-state index contributed by atoms with van der Waals surface area (Å²) in [5, 5.41) is 13.4. The Hall–Kier alpha value is -1.54. The zero-order chi connectivity index (χ0) is 15.7. The Labute approximate surface area is 130 Å². The lowest BCUT2D eigenvalue weighted by atomic mass is 10.1. The van der Waals surface area contributed by atoms with E-state index in [1.165, 1.54) is 18.9 Å². The zero-order valence-corrected chi connectivity index (χ0v) is 13.2. The molecule has 21 heavy (non-hydrogen) atoms. The van der Waals surface area contributed by atoms with Gasteiger partial charge in [-0.15, -0.1) is 23.1 Å². The van der Waals surface area contributed by atoms with Crippen LogP contribution in [0, 0.1) is 0 Å². The fraction of sp³-hybridized carbons (Fsp3) is 0.462. The van der Waals surface area contributed by atoms with Crippen molar-refractivity contribution in [3.63, 3.8) is 0 Å². The Bertz CT molecular complexity index is 475. The highest BCUT2D eigenvalue weighted by Gasteiger charge is 2.21. The second-order valence-corrected chi connectivity index (χ2v) is 6.16. The molecule has 116 valence electrons. The standard InChI is InChI=1S/C13H17NO5S2/c1-19-12(16)5-4-10(13(17)18)14-11(15)8-20-7-9-3-2-6-21-9/h2-3,6,10H,4-5,7-8H2,1H3,(H,14,15)(H,17,18)/t10-/m1/s1. The molecule has 8 heteroatoms. The first kappa shape index (κ1) is 17.5. The Kier molecular flexibility index (Phi) is 7.84. The van der Waals surface area contributed by atoms with E-state index >= 15 is 0 Å². The molecule has 1 rings (SSSR count). The van der Waals surface area contributed by atoms with Crippen LogP contribution in [0.4, 0.5) is 0 Å². The van der Waals surface area contributed by atoms with E-state index in [0.717, 1.165) is 4.88 Å². The molecule has 1 aromatic heterocycles. The molecule has 0 aliphatic heterocycles. The van der Waals surface area contributed by atoms with Crippen molar-refractivity contribution in [2.75, 3.05) is 12.9 Å². The van der Waals surface area contributed by atoms with Gasteiger partial charge in [0.25, 0.3) is 0 Å². The number of nitrogens with one attached hydrogen (secondary N) is 1. The summed E-state index contributed by atoms with van der Waals surface area (Å²) in [6.07, 6.45) is -0.0284. The van der Waals surface area contributed by atoms with Gasteiger partial charge in [-0.25, -0.2) is 4.79 Å². The van der Waals surface area contributed by atoms with Crippen molar-refractivity contribution in [1.29, 1.82) is 0 Å². The third-order valence-electron chi connectivity index (χ3n) is 2.56. The number of hydrogen-bond acceptors (Lipinski definition) is 6. The Balaban J connectivity index is 2.31. The lowest BCUT2D eigenvalue weighted by molar-refractivity contribution is -0.143. The highest BCUT2D eigenvalue weighted by Crippen LogP contribution is 2.16. The predicted octanol–water partition coefficient (Wildman–Crippen LogP) is 1.50. The summed E-state index contributed by atoms with van der Waals surface area (Å²) in [7, 11) is 1.23. The van der Waals surface area contributed by atoms with Gasteiger partial charge in [-0.3, -0.25) is 9.59 Å². The number of carboxylic acids is 1. The average molecular weight is 331 g/mol. The van der Waals surface area contributed by atoms with Gasteiger partial charge in [0, 0.05) is 17.1 Å². The maximum atomic E-state index is 11.7. The van der Waals surface area contributed by atoms with Crippen LogP contribution in [0.15, 0.2) is 17.5 Å². The van der Waals surface area contributed by atoms with Gasteiger partial charge in [0.15, 0.2) is 0 Å². The maximum Gasteiger partial charge on any atom is 0.326 e. The number of hydrogen-bond donors (Lipinski definition) is 2. The molecule has 0 bridgehead atoms. The topological polar surface area (TPSA) is 92.7 Å². The van der Waals surface area contributed by atoms with Crippen molar-refractivity contribution < 1.29 is 24.2 Å². The third-order valence-corrected chi connectivity index (χ3v) is 4.60. The first-order valence-electron chi connectivity index (χ1n) is 6.22. The quantitative estimate of drug-likeness (QED) is 0.666. The number of aliphatic carboxylic acids is 1. The van der Waals surface area contributed by atoms with Gasteiger partial charge >= 0.3 is 11.9 Å². The summed E-state index contributed by atoms with van der Waals surface area (Å²) in [6, 6.07) is 2.85. The second-order valence-electron chi connectivity index (χ2n) is 4.15. The molecule has 6 nitrogen and oxygen atoms in total. The molecule has 1 heterocycles. The summed E-state index contributed by atoms with van der Waals surface area (Å²) in [5.41, 5.74) is 0. The number of methoxy groups -OCH3 is 1. The van der Waals surface area contributed by atoms with E-state index in [1.54, 1.807) is 11.3 Å². The van der Waals surface area contributed by atoms with E-state index in [0.29, 0.717) is 5.75 Å². The lowest BCUT2D eigenvalue weighted by Crippen LogP contribution is -2.42. The molecule has 1 aromatic rings. The minimum absolute atomic E-state index is 0.0172. The monoisotopic (exact) mass is 331 g/mol. The summed E-state index contributed by atoms with van der Waals surface area (Å²) >= 11 is 3.02. The second kappa shape index (κ2) is 9.41. The molecular weight excluding hydrogens is 314 g/mol. The van der Waals surface area contributed by atoms with E-state index in [4.69, 9.17) is 5.11 Å². The number of rotatable bonds is 9. The molecule has 1 atom stereocenters. The number of carboxylic acid groups (broad SMARTS) is 1. The number of ether oxygens (including phenoxy) is 1. The molecule has 0 aliphatic rings. The van der Waals surface area contributed by atoms with E-state index in [2.05, 4.69) is 10.1 Å². The minimum Gasteiger partial charge on any atom is -0.480 e. The van der Waals surface area contributed by atoms with Crippen molar-refractivity contribution in [3.8, 4) is 0 Å². The first-order chi connectivity index (χ1) is 10.0. The summed E-state index contributed by atoms with van der Waals surface area (Å²) < 4.78 is 4.44. The van der Waals surface area contributed by atoms with E-state index in [-0.39, 0.29) is 24.5 Å². The highest BCUT2D eigenvalue weighted by molar-refractivity contribution is 7.99. The van der Waals surface area contributed by atoms with Crippen LogP contribution in [0.2, 0.25) is 0 Å². The third kappa shape index (κ3) is 7.14. The number of carbonyl (C=O) groups excluding carboxylic acids is 2. The number of amides is 1. The number of esters is 1. The molecule has 0 unspecified atom stereocenters. The molecular formula is C13H17NO5S2. The largest absolute Gasteiger partial charge is 0.480 e. The van der Waals surface area contributed by atoms with Gasteiger partial charge in [-0.1, -0.05) is 6.07 Å². The molecule has 0 aromatic carbocycles. The molecule has 0 aliphatic carbocycles. The van der Waals surface area contributed by atoms with Crippen LogP contribution in [0.1, 0.15) is 17.7 Å². The van der Waals surface area contributed by atoms with Crippen molar-refractivity contribution in [3.05, 3.63) is 22.4 Å². The molecule has 0 saturated carbocycles. The van der Waals surface area contributed by atoms with Crippen LogP contribution >= 0.6 is 23.1 Å². The van der Waals surface area contributed by atoms with Crippen molar-refractivity contribution in [2.24, 2.45) is 0 Å². The van der Waals surface area contributed by atoms with Crippen LogP contribution in [-0.2, 0) is 24.9 Å². The van der Waals surface area contributed by atoms with Crippen molar-refractivity contribution in [1.82, 2.24) is 5.32 Å². The Morgan fingerprint density at radius 1 is 1.48 bits per heavy atom. The smallest absolute Gasteiger partial charge is 0.326 e. The van der Waals surface area contributed by atoms with Crippen molar-refractivity contribution in [2.45, 2.75) is 24.6 Å². The van der Waals surface area contributed by atoms with E-state index in [1.807, 2.05) is 17.5 Å². The summed E-state index contributed by atoms with van der Waals surface area (Å²) in [4.78, 5) is 34.9. The average Bonchev–Trinajstić information content (AvgIpc) is 2.95. The zero-order valence-electron chi connectivity index (χ0n) is 11.5. The van der Waals surface area contributed by atoms with E-state index < -0.39 is 18.0 Å². The SMILES string of the molecule is COC(=O)CC[C@@H](NC(=O)CSCc1cccs1)C(=O)O. The lowest BCUT2D eigenvalue weighted by Gasteiger charge is -2.13. The Morgan fingerprint density at radius 2 is 2.24 bits per heavy atom. The maximum absolute atomic E-state index is 11.7. The molecule has 0 saturated heterocycles. The van der Waals surface area contributed by atoms with Gasteiger partial charge in [0.1, 0.15) is 6.04 Å². The van der Waals surface area contributed by atoms with Crippen LogP contribution in [0.5, 0.6) is 0 Å². The number of thiophene rings is 1. The highest BCUT2D eigenvalue weighted by atomic mass is 32.2. The number of carbonyl (C=O) groups is 3. The van der Waals surface area contributed by atoms with Crippen LogP contribution in [-0.4, -0.2) is 41.9 Å². The summed E-state index contributed by atoms with van der Waals surface area (Å²) in [5.74, 6) is -1.11. The van der Waals surface area contributed by atoms with Crippen LogP contribution < -0.4 is 5.32 Å². The summed E-state index contributed by atoms with van der Waals surface area (Å²) in [6.45, 7) is 0. The fourth-order valence-corrected chi connectivity index (χ4v) is 3.18. The van der Waals surface area contributed by atoms with E-state index in [9.17, 15) is 14.4 Å². The minimum atomic E-state index is -1.16. The van der Waals surface area contributed by atoms with Gasteiger partial charge in [0.05, 0.1) is 12.9 Å². The first-order valence-corrected chi connectivity index (χ1v) is 8.25.